The van der Waals surface area contributed by atoms with Crippen LogP contribution in [0.25, 0.3) is 11.0 Å². The van der Waals surface area contributed by atoms with Crippen LogP contribution in [0.1, 0.15) is 54.1 Å². The van der Waals surface area contributed by atoms with Crippen molar-refractivity contribution in [3.05, 3.63) is 53.3 Å². The molecule has 1 aromatic carbocycles. The number of hydrogen-bond donors (Lipinski definition) is 2. The molecule has 1 amide bonds. The van der Waals surface area contributed by atoms with Gasteiger partial charge in [0.25, 0.3) is 5.91 Å². The van der Waals surface area contributed by atoms with Gasteiger partial charge < -0.3 is 10.6 Å². The Kier molecular flexibility index (Phi) is 6.35. The highest BCUT2D eigenvalue weighted by Gasteiger charge is 2.30. The molecule has 0 aliphatic heterocycles. The second-order valence-electron chi connectivity index (χ2n) is 8.08. The van der Waals surface area contributed by atoms with Crippen LogP contribution in [0.5, 0.6) is 0 Å². The van der Waals surface area contributed by atoms with E-state index in [4.69, 9.17) is 0 Å². The molecule has 0 atom stereocenters. The Morgan fingerprint density at radius 2 is 1.85 bits per heavy atom. The molecule has 33 heavy (non-hydrogen) atoms. The van der Waals surface area contributed by atoms with Crippen LogP contribution in [0.2, 0.25) is 0 Å². The number of amides is 1. The van der Waals surface area contributed by atoms with Gasteiger partial charge in [0.05, 0.1) is 28.4 Å². The van der Waals surface area contributed by atoms with E-state index in [9.17, 15) is 22.8 Å². The number of halogens is 3. The van der Waals surface area contributed by atoms with Crippen molar-refractivity contribution in [2.24, 2.45) is 0 Å². The number of ketones is 1. The van der Waals surface area contributed by atoms with E-state index >= 15 is 0 Å². The summed E-state index contributed by atoms with van der Waals surface area (Å²) in [7, 11) is 0. The molecule has 1 aliphatic carbocycles. The number of aromatic nitrogens is 3. The fraction of sp³-hybridized carbons (Fsp3) is 0.391. The lowest BCUT2D eigenvalue weighted by Gasteiger charge is -2.24. The summed E-state index contributed by atoms with van der Waals surface area (Å²) in [6, 6.07) is 4.71. The summed E-state index contributed by atoms with van der Waals surface area (Å²) < 4.78 is 40.0. The van der Waals surface area contributed by atoms with Crippen LogP contribution in [0, 0.1) is 0 Å². The number of carbonyl (C=O) groups is 2. The third-order valence-electron chi connectivity index (χ3n) is 5.84. The van der Waals surface area contributed by atoms with Crippen molar-refractivity contribution in [3.63, 3.8) is 0 Å². The number of anilines is 1. The maximum absolute atomic E-state index is 13.0. The van der Waals surface area contributed by atoms with Gasteiger partial charge in [0.15, 0.2) is 5.65 Å². The number of aryl methyl sites for hydroxylation is 1. The van der Waals surface area contributed by atoms with Crippen LogP contribution in [0.15, 0.2) is 36.7 Å². The van der Waals surface area contributed by atoms with Gasteiger partial charge in [0, 0.05) is 38.2 Å². The first kappa shape index (κ1) is 22.8. The number of hydrogen-bond acceptors (Lipinski definition) is 5. The van der Waals surface area contributed by atoms with Crippen molar-refractivity contribution in [2.75, 3.05) is 5.32 Å². The molecular weight excluding hydrogens is 435 g/mol. The van der Waals surface area contributed by atoms with Gasteiger partial charge in [0.1, 0.15) is 5.78 Å². The predicted octanol–water partition coefficient (Wildman–Crippen LogP) is 4.32. The molecule has 0 radical (unpaired) electrons. The molecule has 174 valence electrons. The molecule has 1 saturated carbocycles. The molecule has 1 aliphatic rings. The molecule has 3 aromatic rings. The van der Waals surface area contributed by atoms with Crippen molar-refractivity contribution >= 4 is 28.4 Å². The number of fused-ring (bicyclic) bond motifs is 1. The molecule has 0 spiro atoms. The Morgan fingerprint density at radius 3 is 2.48 bits per heavy atom. The van der Waals surface area contributed by atoms with Crippen molar-refractivity contribution < 1.29 is 22.8 Å². The number of alkyl halides is 3. The average Bonchev–Trinajstić information content (AvgIpc) is 3.22. The highest BCUT2D eigenvalue weighted by Crippen LogP contribution is 2.30. The normalized spacial score (nSPS) is 15.1. The monoisotopic (exact) mass is 459 g/mol. The van der Waals surface area contributed by atoms with Crippen molar-refractivity contribution in [1.82, 2.24) is 20.1 Å². The van der Waals surface area contributed by atoms with Crippen molar-refractivity contribution in [1.29, 1.82) is 0 Å². The lowest BCUT2D eigenvalue weighted by molar-refractivity contribution is -0.137. The first-order valence-electron chi connectivity index (χ1n) is 10.8. The standard InChI is InChI=1S/C23H24F3N5O2/c1-2-31-21-18(13-29-31)20(30-16-7-9-17(32)10-8-16)19(12-27-21)22(33)28-11-14-3-5-15(6-4-14)23(24,25)26/h3-6,12-13,16H,2,7-11H2,1H3,(H,27,30)(H,28,33). The van der Waals surface area contributed by atoms with Gasteiger partial charge in [-0.15, -0.1) is 0 Å². The maximum atomic E-state index is 13.0. The van der Waals surface area contributed by atoms with Crippen LogP contribution in [0.3, 0.4) is 0 Å². The van der Waals surface area contributed by atoms with Gasteiger partial charge in [-0.3, -0.25) is 9.59 Å². The number of nitrogens with zero attached hydrogens (tertiary/aromatic N) is 3. The quantitative estimate of drug-likeness (QED) is 0.573. The Bertz CT molecular complexity index is 1160. The molecule has 2 heterocycles. The molecule has 7 nitrogen and oxygen atoms in total. The van der Waals surface area contributed by atoms with Crippen LogP contribution in [-0.4, -0.2) is 32.5 Å². The third kappa shape index (κ3) is 4.99. The van der Waals surface area contributed by atoms with Crippen molar-refractivity contribution in [2.45, 2.75) is 57.9 Å². The minimum Gasteiger partial charge on any atom is -0.381 e. The van der Waals surface area contributed by atoms with Crippen LogP contribution in [-0.2, 0) is 24.1 Å². The molecule has 2 N–H and O–H groups in total. The summed E-state index contributed by atoms with van der Waals surface area (Å²) in [4.78, 5) is 29.0. The fourth-order valence-electron chi connectivity index (χ4n) is 3.96. The number of carbonyl (C=O) groups excluding carboxylic acids is 2. The number of Topliss-reactive ketones (excluding diaryl/α,β-unsaturated/α-hetero) is 1. The van der Waals surface area contributed by atoms with Crippen LogP contribution < -0.4 is 10.6 Å². The number of rotatable bonds is 6. The van der Waals surface area contributed by atoms with Crippen LogP contribution in [0.4, 0.5) is 18.9 Å². The van der Waals surface area contributed by atoms with Gasteiger partial charge in [0.2, 0.25) is 0 Å². The number of pyridine rings is 1. The zero-order valence-electron chi connectivity index (χ0n) is 18.1. The zero-order valence-corrected chi connectivity index (χ0v) is 18.1. The van der Waals surface area contributed by atoms with E-state index < -0.39 is 17.6 Å². The minimum atomic E-state index is -4.41. The third-order valence-corrected chi connectivity index (χ3v) is 5.84. The molecule has 10 heteroatoms. The van der Waals surface area contributed by atoms with Gasteiger partial charge in [-0.05, 0) is 37.5 Å². The molecule has 1 fully saturated rings. The van der Waals surface area contributed by atoms with Crippen molar-refractivity contribution in [3.8, 4) is 0 Å². The molecule has 0 bridgehead atoms. The fourth-order valence-corrected chi connectivity index (χ4v) is 3.96. The minimum absolute atomic E-state index is 0.0414. The smallest absolute Gasteiger partial charge is 0.381 e. The molecule has 0 saturated heterocycles. The summed E-state index contributed by atoms with van der Waals surface area (Å²) in [5.41, 5.74) is 1.37. The topological polar surface area (TPSA) is 88.9 Å². The maximum Gasteiger partial charge on any atom is 0.416 e. The first-order valence-corrected chi connectivity index (χ1v) is 10.8. The van der Waals surface area contributed by atoms with Gasteiger partial charge in [-0.1, -0.05) is 12.1 Å². The second kappa shape index (κ2) is 9.21. The first-order chi connectivity index (χ1) is 15.8. The van der Waals surface area contributed by atoms with Gasteiger partial charge in [-0.2, -0.15) is 18.3 Å². The lowest BCUT2D eigenvalue weighted by Crippen LogP contribution is -2.29. The number of benzene rings is 1. The van der Waals surface area contributed by atoms with E-state index in [1.807, 2.05) is 6.92 Å². The molecular formula is C23H24F3N5O2. The number of nitrogens with one attached hydrogen (secondary N) is 2. The van der Waals surface area contributed by atoms with E-state index in [0.29, 0.717) is 60.1 Å². The van der Waals surface area contributed by atoms with Crippen LogP contribution >= 0.6 is 0 Å². The van der Waals surface area contributed by atoms with E-state index in [-0.39, 0.29) is 18.4 Å². The average molecular weight is 459 g/mol. The Labute approximate surface area is 188 Å². The second-order valence-corrected chi connectivity index (χ2v) is 8.08. The van der Waals surface area contributed by atoms with E-state index in [0.717, 1.165) is 12.1 Å². The van der Waals surface area contributed by atoms with Gasteiger partial charge in [-0.25, -0.2) is 9.67 Å². The molecule has 2 aromatic heterocycles. The SMILES string of the molecule is CCn1ncc2c(NC3CCC(=O)CC3)c(C(=O)NCc3ccc(C(F)(F)F)cc3)cnc21. The van der Waals surface area contributed by atoms with Gasteiger partial charge >= 0.3 is 6.18 Å². The predicted molar refractivity (Wildman–Crippen MR) is 117 cm³/mol. The Morgan fingerprint density at radius 1 is 1.15 bits per heavy atom. The van der Waals surface area contributed by atoms with E-state index in [1.54, 1.807) is 10.9 Å². The summed E-state index contributed by atoms with van der Waals surface area (Å²) in [5.74, 6) is -0.163. The van der Waals surface area contributed by atoms with E-state index in [1.165, 1.54) is 18.3 Å². The molecule has 4 rings (SSSR count). The lowest BCUT2D eigenvalue weighted by atomic mass is 9.94. The summed E-state index contributed by atoms with van der Waals surface area (Å²) in [6.07, 6.45) is 1.08. The summed E-state index contributed by atoms with van der Waals surface area (Å²) in [5, 5.41) is 11.2. The highest BCUT2D eigenvalue weighted by atomic mass is 19.4. The zero-order chi connectivity index (χ0) is 23.6. The Hall–Kier alpha value is -3.43. The Balaban J connectivity index is 1.56. The highest BCUT2D eigenvalue weighted by molar-refractivity contribution is 6.06. The summed E-state index contributed by atoms with van der Waals surface area (Å²) >= 11 is 0. The molecule has 0 unspecified atom stereocenters. The van der Waals surface area contributed by atoms with E-state index in [2.05, 4.69) is 20.7 Å². The summed E-state index contributed by atoms with van der Waals surface area (Å²) in [6.45, 7) is 2.63. The largest absolute Gasteiger partial charge is 0.416 e.